The first-order chi connectivity index (χ1) is 13.2. The largest absolute Gasteiger partial charge is 0.378 e. The van der Waals surface area contributed by atoms with Crippen molar-refractivity contribution in [3.8, 4) is 11.1 Å². The van der Waals surface area contributed by atoms with Crippen LogP contribution in [0.1, 0.15) is 36.0 Å². The van der Waals surface area contributed by atoms with Crippen LogP contribution in [0.2, 0.25) is 0 Å². The highest BCUT2D eigenvalue weighted by Gasteiger charge is 2.33. The zero-order valence-corrected chi connectivity index (χ0v) is 15.7. The lowest BCUT2D eigenvalue weighted by Gasteiger charge is -2.39. The van der Waals surface area contributed by atoms with Gasteiger partial charge < -0.3 is 15.4 Å². The molecule has 2 N–H and O–H groups in total. The van der Waals surface area contributed by atoms with Crippen molar-refractivity contribution in [3.63, 3.8) is 0 Å². The van der Waals surface area contributed by atoms with Crippen LogP contribution in [0, 0.1) is 5.92 Å². The van der Waals surface area contributed by atoms with Crippen molar-refractivity contribution in [3.05, 3.63) is 60.2 Å². The molecule has 3 unspecified atom stereocenters. The minimum Gasteiger partial charge on any atom is -0.378 e. The molecule has 3 atom stereocenters. The molecular weight excluding hydrogens is 336 g/mol. The van der Waals surface area contributed by atoms with Crippen molar-refractivity contribution in [2.24, 2.45) is 11.7 Å². The van der Waals surface area contributed by atoms with E-state index < -0.39 is 0 Å². The van der Waals surface area contributed by atoms with Crippen LogP contribution in [-0.4, -0.2) is 42.6 Å². The van der Waals surface area contributed by atoms with Gasteiger partial charge in [0.15, 0.2) is 0 Å². The average Bonchev–Trinajstić information content (AvgIpc) is 2.74. The number of likely N-dealkylation sites (tertiary alicyclic amines) is 1. The molecule has 0 aliphatic carbocycles. The van der Waals surface area contributed by atoms with Gasteiger partial charge in [0.25, 0.3) is 5.91 Å². The van der Waals surface area contributed by atoms with Crippen molar-refractivity contribution in [1.82, 2.24) is 4.90 Å². The van der Waals surface area contributed by atoms with Gasteiger partial charge in [0.1, 0.15) is 0 Å². The van der Waals surface area contributed by atoms with E-state index in [1.165, 1.54) is 5.56 Å². The number of carbonyl (C=O) groups excluding carboxylic acids is 1. The normalized spacial score (nSPS) is 26.0. The monoisotopic (exact) mass is 364 g/mol. The predicted octanol–water partition coefficient (Wildman–Crippen LogP) is 3.71. The maximum atomic E-state index is 13.0. The Balaban J connectivity index is 1.42. The number of hydrogen-bond donors (Lipinski definition) is 1. The van der Waals surface area contributed by atoms with Gasteiger partial charge in [-0.15, -0.1) is 0 Å². The van der Waals surface area contributed by atoms with E-state index in [4.69, 9.17) is 10.5 Å². The highest BCUT2D eigenvalue weighted by Crippen LogP contribution is 2.28. The van der Waals surface area contributed by atoms with Crippen LogP contribution in [0.3, 0.4) is 0 Å². The summed E-state index contributed by atoms with van der Waals surface area (Å²) < 4.78 is 5.97. The van der Waals surface area contributed by atoms with Gasteiger partial charge in [-0.2, -0.15) is 0 Å². The number of carbonyl (C=O) groups is 1. The van der Waals surface area contributed by atoms with E-state index in [-0.39, 0.29) is 18.1 Å². The summed E-state index contributed by atoms with van der Waals surface area (Å²) in [6.07, 6.45) is 4.21. The lowest BCUT2D eigenvalue weighted by Crippen LogP contribution is -2.47. The van der Waals surface area contributed by atoms with Crippen molar-refractivity contribution < 1.29 is 9.53 Å². The Kier molecular flexibility index (Phi) is 5.55. The van der Waals surface area contributed by atoms with E-state index in [1.54, 1.807) is 0 Å². The molecular formula is C23H28N2O2. The third-order valence-corrected chi connectivity index (χ3v) is 5.87. The summed E-state index contributed by atoms with van der Waals surface area (Å²) >= 11 is 0. The summed E-state index contributed by atoms with van der Waals surface area (Å²) in [5.41, 5.74) is 9.18. The van der Waals surface area contributed by atoms with Gasteiger partial charge in [0, 0.05) is 37.2 Å². The Morgan fingerprint density at radius 3 is 2.48 bits per heavy atom. The SMILES string of the molecule is NC1CCOC(C2CCCN(C(=O)c3ccc(-c4ccccc4)cc3)C2)C1. The molecule has 0 bridgehead atoms. The first-order valence-electron chi connectivity index (χ1n) is 10.0. The Hall–Kier alpha value is -2.17. The van der Waals surface area contributed by atoms with Gasteiger partial charge in [0.2, 0.25) is 0 Å². The van der Waals surface area contributed by atoms with Crippen LogP contribution in [-0.2, 0) is 4.74 Å². The van der Waals surface area contributed by atoms with Crippen LogP contribution in [0.25, 0.3) is 11.1 Å². The lowest BCUT2D eigenvalue weighted by atomic mass is 9.87. The molecule has 1 amide bonds. The molecule has 2 aliphatic rings. The van der Waals surface area contributed by atoms with E-state index >= 15 is 0 Å². The smallest absolute Gasteiger partial charge is 0.253 e. The third-order valence-electron chi connectivity index (χ3n) is 5.87. The predicted molar refractivity (Wildman–Crippen MR) is 107 cm³/mol. The van der Waals surface area contributed by atoms with Gasteiger partial charge in [-0.3, -0.25) is 4.79 Å². The molecule has 2 aliphatic heterocycles. The number of rotatable bonds is 3. The summed E-state index contributed by atoms with van der Waals surface area (Å²) in [6, 6.07) is 18.4. The van der Waals surface area contributed by atoms with Gasteiger partial charge >= 0.3 is 0 Å². The Morgan fingerprint density at radius 2 is 1.74 bits per heavy atom. The molecule has 0 radical (unpaired) electrons. The molecule has 2 aromatic rings. The highest BCUT2D eigenvalue weighted by molar-refractivity contribution is 5.94. The minimum atomic E-state index is 0.124. The number of piperidine rings is 1. The molecule has 27 heavy (non-hydrogen) atoms. The van der Waals surface area contributed by atoms with Crippen molar-refractivity contribution in [2.75, 3.05) is 19.7 Å². The topological polar surface area (TPSA) is 55.6 Å². The number of amides is 1. The second-order valence-electron chi connectivity index (χ2n) is 7.79. The van der Waals surface area contributed by atoms with Crippen molar-refractivity contribution in [1.29, 1.82) is 0 Å². The third kappa shape index (κ3) is 4.23. The zero-order valence-electron chi connectivity index (χ0n) is 15.7. The van der Waals surface area contributed by atoms with E-state index in [2.05, 4.69) is 12.1 Å². The highest BCUT2D eigenvalue weighted by atomic mass is 16.5. The van der Waals surface area contributed by atoms with Crippen LogP contribution in [0.15, 0.2) is 54.6 Å². The van der Waals surface area contributed by atoms with E-state index in [0.717, 1.165) is 56.5 Å². The Bertz CT molecular complexity index is 760. The summed E-state index contributed by atoms with van der Waals surface area (Å²) in [5.74, 6) is 0.525. The van der Waals surface area contributed by atoms with E-state index in [1.807, 2.05) is 47.4 Å². The number of nitrogens with two attached hydrogens (primary N) is 1. The van der Waals surface area contributed by atoms with Gasteiger partial charge in [0.05, 0.1) is 6.10 Å². The van der Waals surface area contributed by atoms with Crippen molar-refractivity contribution in [2.45, 2.75) is 37.8 Å². The second-order valence-corrected chi connectivity index (χ2v) is 7.79. The summed E-state index contributed by atoms with van der Waals surface area (Å²) in [5, 5.41) is 0. The van der Waals surface area contributed by atoms with E-state index in [0.29, 0.717) is 5.92 Å². The number of benzene rings is 2. The fourth-order valence-corrected chi connectivity index (χ4v) is 4.30. The van der Waals surface area contributed by atoms with E-state index in [9.17, 15) is 4.79 Å². The standard InChI is InChI=1S/C23H28N2O2/c24-21-12-14-27-22(15-21)20-7-4-13-25(16-20)23(26)19-10-8-18(9-11-19)17-5-2-1-3-6-17/h1-3,5-6,8-11,20-22H,4,7,12-16,24H2. The average molecular weight is 364 g/mol. The van der Waals surface area contributed by atoms with Crippen LogP contribution >= 0.6 is 0 Å². The summed E-state index contributed by atoms with van der Waals surface area (Å²) in [4.78, 5) is 15.0. The first-order valence-corrected chi connectivity index (χ1v) is 10.0. The Labute approximate surface area is 161 Å². The molecule has 4 heteroatoms. The molecule has 2 saturated heterocycles. The van der Waals surface area contributed by atoms with Crippen LogP contribution in [0.4, 0.5) is 0 Å². The molecule has 0 spiro atoms. The lowest BCUT2D eigenvalue weighted by molar-refractivity contribution is -0.0439. The molecule has 4 rings (SSSR count). The van der Waals surface area contributed by atoms with Crippen LogP contribution in [0.5, 0.6) is 0 Å². The molecule has 2 fully saturated rings. The summed E-state index contributed by atoms with van der Waals surface area (Å²) in [6.45, 7) is 2.35. The van der Waals surface area contributed by atoms with Crippen LogP contribution < -0.4 is 5.73 Å². The summed E-state index contributed by atoms with van der Waals surface area (Å²) in [7, 11) is 0. The quantitative estimate of drug-likeness (QED) is 0.903. The first kappa shape index (κ1) is 18.2. The molecule has 0 aromatic heterocycles. The fourth-order valence-electron chi connectivity index (χ4n) is 4.30. The zero-order chi connectivity index (χ0) is 18.6. The maximum Gasteiger partial charge on any atom is 0.253 e. The van der Waals surface area contributed by atoms with Gasteiger partial charge in [-0.05, 0) is 48.9 Å². The maximum absolute atomic E-state index is 13.0. The number of hydrogen-bond acceptors (Lipinski definition) is 3. The van der Waals surface area contributed by atoms with Gasteiger partial charge in [-0.25, -0.2) is 0 Å². The fraction of sp³-hybridized carbons (Fsp3) is 0.435. The van der Waals surface area contributed by atoms with Crippen molar-refractivity contribution >= 4 is 5.91 Å². The minimum absolute atomic E-state index is 0.124. The molecule has 0 saturated carbocycles. The Morgan fingerprint density at radius 1 is 1.00 bits per heavy atom. The number of nitrogens with zero attached hydrogens (tertiary/aromatic N) is 1. The van der Waals surface area contributed by atoms with Gasteiger partial charge in [-0.1, -0.05) is 42.5 Å². The molecule has 2 heterocycles. The molecule has 142 valence electrons. The molecule has 2 aromatic carbocycles. The molecule has 4 nitrogen and oxygen atoms in total. The number of ether oxygens (including phenoxy) is 1. The second kappa shape index (κ2) is 8.24.